The van der Waals surface area contributed by atoms with Crippen LogP contribution in [0.1, 0.15) is 22.8 Å². The van der Waals surface area contributed by atoms with Gasteiger partial charge >= 0.3 is 0 Å². The van der Waals surface area contributed by atoms with Gasteiger partial charge in [-0.15, -0.1) is 0 Å². The molecular weight excluding hydrogens is 272 g/mol. The van der Waals surface area contributed by atoms with E-state index in [1.807, 2.05) is 37.1 Å². The number of rotatable bonds is 5. The molecule has 0 unspecified atom stereocenters. The van der Waals surface area contributed by atoms with E-state index in [1.54, 1.807) is 0 Å². The van der Waals surface area contributed by atoms with Crippen molar-refractivity contribution in [3.8, 4) is 0 Å². The van der Waals surface area contributed by atoms with Crippen LogP contribution in [0, 0.1) is 18.6 Å². The number of likely N-dealkylation sites (N-methyl/N-ethyl adjacent to an activating group) is 1. The van der Waals surface area contributed by atoms with Crippen LogP contribution in [-0.4, -0.2) is 23.6 Å². The van der Waals surface area contributed by atoms with Crippen molar-refractivity contribution < 1.29 is 13.9 Å². The molecule has 0 amide bonds. The molecule has 2 aromatic rings. The monoisotopic (exact) mass is 291 g/mol. The molecular formula is C17H19F2NO. The van der Waals surface area contributed by atoms with Crippen LogP contribution in [0.15, 0.2) is 42.5 Å². The first-order chi connectivity index (χ1) is 9.94. The molecule has 0 heterocycles. The lowest BCUT2D eigenvalue weighted by molar-refractivity contribution is 0.123. The van der Waals surface area contributed by atoms with Crippen molar-refractivity contribution in [3.63, 3.8) is 0 Å². The third kappa shape index (κ3) is 4.62. The number of aliphatic hydroxyl groups excluding tert-OH is 1. The summed E-state index contributed by atoms with van der Waals surface area (Å²) in [6, 6.07) is 11.2. The van der Waals surface area contributed by atoms with Crippen molar-refractivity contribution in [2.45, 2.75) is 19.6 Å². The molecule has 0 radical (unpaired) electrons. The SMILES string of the molecule is Cc1cccc(CN(C)C[C@H](O)c2cc(F)cc(F)c2)c1. The molecule has 0 bridgehead atoms. The Bertz CT molecular complexity index is 595. The fourth-order valence-corrected chi connectivity index (χ4v) is 2.35. The van der Waals surface area contributed by atoms with Crippen LogP contribution in [0.3, 0.4) is 0 Å². The molecule has 2 rings (SSSR count). The zero-order chi connectivity index (χ0) is 15.4. The topological polar surface area (TPSA) is 23.5 Å². The predicted octanol–water partition coefficient (Wildman–Crippen LogP) is 3.44. The maximum atomic E-state index is 13.2. The maximum Gasteiger partial charge on any atom is 0.126 e. The average Bonchev–Trinajstić information content (AvgIpc) is 2.37. The van der Waals surface area contributed by atoms with Crippen LogP contribution < -0.4 is 0 Å². The lowest BCUT2D eigenvalue weighted by atomic mass is 10.1. The highest BCUT2D eigenvalue weighted by molar-refractivity contribution is 5.23. The Labute approximate surface area is 123 Å². The summed E-state index contributed by atoms with van der Waals surface area (Å²) in [4.78, 5) is 1.92. The van der Waals surface area contributed by atoms with Gasteiger partial charge in [-0.2, -0.15) is 0 Å². The van der Waals surface area contributed by atoms with Crippen LogP contribution in [0.4, 0.5) is 8.78 Å². The molecule has 112 valence electrons. The molecule has 0 aliphatic heterocycles. The molecule has 0 spiro atoms. The Kier molecular flexibility index (Phi) is 5.04. The summed E-state index contributed by atoms with van der Waals surface area (Å²) in [6.45, 7) is 2.99. The number of hydrogen-bond acceptors (Lipinski definition) is 2. The van der Waals surface area contributed by atoms with Gasteiger partial charge in [0.2, 0.25) is 0 Å². The van der Waals surface area contributed by atoms with Gasteiger partial charge in [-0.05, 0) is 37.2 Å². The lowest BCUT2D eigenvalue weighted by Gasteiger charge is -2.21. The standard InChI is InChI=1S/C17H19F2NO/c1-12-4-3-5-13(6-12)10-20(2)11-17(21)14-7-15(18)9-16(19)8-14/h3-9,17,21H,10-11H2,1-2H3/t17-/m0/s1. The van der Waals surface area contributed by atoms with Crippen LogP contribution in [-0.2, 0) is 6.54 Å². The smallest absolute Gasteiger partial charge is 0.126 e. The molecule has 0 aliphatic rings. The Morgan fingerprint density at radius 2 is 1.76 bits per heavy atom. The highest BCUT2D eigenvalue weighted by Crippen LogP contribution is 2.18. The summed E-state index contributed by atoms with van der Waals surface area (Å²) in [5.74, 6) is -1.35. The van der Waals surface area contributed by atoms with Gasteiger partial charge in [-0.25, -0.2) is 8.78 Å². The van der Waals surface area contributed by atoms with Crippen molar-refractivity contribution in [1.82, 2.24) is 4.90 Å². The molecule has 0 saturated carbocycles. The van der Waals surface area contributed by atoms with Crippen LogP contribution >= 0.6 is 0 Å². The van der Waals surface area contributed by atoms with E-state index in [2.05, 4.69) is 6.07 Å². The van der Waals surface area contributed by atoms with Gasteiger partial charge in [0, 0.05) is 19.2 Å². The van der Waals surface area contributed by atoms with Crippen LogP contribution in [0.2, 0.25) is 0 Å². The van der Waals surface area contributed by atoms with E-state index in [-0.39, 0.29) is 5.56 Å². The highest BCUT2D eigenvalue weighted by Gasteiger charge is 2.13. The van der Waals surface area contributed by atoms with Gasteiger partial charge in [0.1, 0.15) is 11.6 Å². The summed E-state index contributed by atoms with van der Waals surface area (Å²) in [7, 11) is 1.86. The zero-order valence-electron chi connectivity index (χ0n) is 12.2. The van der Waals surface area contributed by atoms with Gasteiger partial charge < -0.3 is 5.11 Å². The fourth-order valence-electron chi connectivity index (χ4n) is 2.35. The lowest BCUT2D eigenvalue weighted by Crippen LogP contribution is -2.24. The van der Waals surface area contributed by atoms with Crippen LogP contribution in [0.5, 0.6) is 0 Å². The van der Waals surface area contributed by atoms with E-state index in [1.165, 1.54) is 5.56 Å². The predicted molar refractivity (Wildman–Crippen MR) is 78.8 cm³/mol. The molecule has 0 aromatic heterocycles. The quantitative estimate of drug-likeness (QED) is 0.912. The molecule has 1 atom stereocenters. The van der Waals surface area contributed by atoms with Crippen molar-refractivity contribution in [2.75, 3.05) is 13.6 Å². The van der Waals surface area contributed by atoms with E-state index in [0.717, 1.165) is 23.8 Å². The van der Waals surface area contributed by atoms with Crippen molar-refractivity contribution in [1.29, 1.82) is 0 Å². The summed E-state index contributed by atoms with van der Waals surface area (Å²) < 4.78 is 26.3. The van der Waals surface area contributed by atoms with E-state index in [0.29, 0.717) is 13.1 Å². The first-order valence-corrected chi connectivity index (χ1v) is 6.82. The second kappa shape index (κ2) is 6.78. The fraction of sp³-hybridized carbons (Fsp3) is 0.294. The molecule has 1 N–H and O–H groups in total. The molecule has 0 saturated heterocycles. The van der Waals surface area contributed by atoms with Crippen molar-refractivity contribution >= 4 is 0 Å². The molecule has 21 heavy (non-hydrogen) atoms. The number of nitrogens with zero attached hydrogens (tertiary/aromatic N) is 1. The molecule has 4 heteroatoms. The second-order valence-electron chi connectivity index (χ2n) is 5.40. The van der Waals surface area contributed by atoms with Crippen molar-refractivity contribution in [3.05, 3.63) is 70.8 Å². The third-order valence-corrected chi connectivity index (χ3v) is 3.29. The third-order valence-electron chi connectivity index (χ3n) is 3.29. The zero-order valence-corrected chi connectivity index (χ0v) is 12.2. The number of benzene rings is 2. The Morgan fingerprint density at radius 1 is 1.10 bits per heavy atom. The molecule has 2 nitrogen and oxygen atoms in total. The van der Waals surface area contributed by atoms with E-state index < -0.39 is 17.7 Å². The number of aliphatic hydroxyl groups is 1. The van der Waals surface area contributed by atoms with Gasteiger partial charge in [-0.3, -0.25) is 4.90 Å². The largest absolute Gasteiger partial charge is 0.387 e. The van der Waals surface area contributed by atoms with Crippen LogP contribution in [0.25, 0.3) is 0 Å². The summed E-state index contributed by atoms with van der Waals surface area (Å²) in [5, 5.41) is 10.1. The highest BCUT2D eigenvalue weighted by atomic mass is 19.1. The van der Waals surface area contributed by atoms with Crippen molar-refractivity contribution in [2.24, 2.45) is 0 Å². The van der Waals surface area contributed by atoms with Gasteiger partial charge in [-0.1, -0.05) is 29.8 Å². The second-order valence-corrected chi connectivity index (χ2v) is 5.40. The number of halogens is 2. The minimum atomic E-state index is -0.926. The normalized spacial score (nSPS) is 12.7. The molecule has 2 aromatic carbocycles. The van der Waals surface area contributed by atoms with E-state index in [4.69, 9.17) is 0 Å². The van der Waals surface area contributed by atoms with Gasteiger partial charge in [0.25, 0.3) is 0 Å². The number of aryl methyl sites for hydroxylation is 1. The molecule has 0 aliphatic carbocycles. The Hall–Kier alpha value is -1.78. The Balaban J connectivity index is 2.00. The van der Waals surface area contributed by atoms with E-state index in [9.17, 15) is 13.9 Å². The summed E-state index contributed by atoms with van der Waals surface area (Å²) in [6.07, 6.45) is -0.926. The van der Waals surface area contributed by atoms with E-state index >= 15 is 0 Å². The minimum absolute atomic E-state index is 0.253. The Morgan fingerprint density at radius 3 is 2.38 bits per heavy atom. The summed E-state index contributed by atoms with van der Waals surface area (Å²) >= 11 is 0. The number of hydrogen-bond donors (Lipinski definition) is 1. The van der Waals surface area contributed by atoms with Gasteiger partial charge in [0.05, 0.1) is 6.10 Å². The maximum absolute atomic E-state index is 13.2. The minimum Gasteiger partial charge on any atom is -0.387 e. The first-order valence-electron chi connectivity index (χ1n) is 6.82. The average molecular weight is 291 g/mol. The summed E-state index contributed by atoms with van der Waals surface area (Å²) in [5.41, 5.74) is 2.56. The molecule has 0 fully saturated rings. The van der Waals surface area contributed by atoms with Gasteiger partial charge in [0.15, 0.2) is 0 Å². The first kappa shape index (κ1) is 15.6.